The number of hydrogen-bond donors (Lipinski definition) is 1. The Morgan fingerprint density at radius 1 is 1.17 bits per heavy atom. The van der Waals surface area contributed by atoms with Gasteiger partial charge in [0.05, 0.1) is 5.75 Å². The summed E-state index contributed by atoms with van der Waals surface area (Å²) in [7, 11) is 0. The SMILES string of the molecule is N[C@@H]1CN(C(=O)CSCc2cccc(Cl)c2)C[C@H]1c1ccccc1. The average molecular weight is 361 g/mol. The summed E-state index contributed by atoms with van der Waals surface area (Å²) >= 11 is 7.60. The quantitative estimate of drug-likeness (QED) is 0.887. The number of halogens is 1. The topological polar surface area (TPSA) is 46.3 Å². The van der Waals surface area contributed by atoms with Crippen LogP contribution >= 0.6 is 23.4 Å². The molecular formula is C19H21ClN2OS. The van der Waals surface area contributed by atoms with Crippen molar-refractivity contribution in [2.24, 2.45) is 5.73 Å². The van der Waals surface area contributed by atoms with Gasteiger partial charge < -0.3 is 10.6 Å². The third-order valence-electron chi connectivity index (χ3n) is 4.33. The van der Waals surface area contributed by atoms with Gasteiger partial charge in [-0.3, -0.25) is 4.79 Å². The Kier molecular flexibility index (Phi) is 5.82. The summed E-state index contributed by atoms with van der Waals surface area (Å²) in [5.74, 6) is 1.65. The molecule has 0 spiro atoms. The van der Waals surface area contributed by atoms with Gasteiger partial charge in [-0.15, -0.1) is 11.8 Å². The van der Waals surface area contributed by atoms with Crippen LogP contribution in [0.1, 0.15) is 17.0 Å². The van der Waals surface area contributed by atoms with Crippen molar-refractivity contribution in [2.45, 2.75) is 17.7 Å². The standard InChI is InChI=1S/C19H21ClN2OS/c20-16-8-4-5-14(9-16)12-24-13-19(23)22-10-17(18(21)11-22)15-6-2-1-3-7-15/h1-9,17-18H,10-13,21H2/t17-,18+/m0/s1. The van der Waals surface area contributed by atoms with E-state index in [0.717, 1.165) is 16.3 Å². The van der Waals surface area contributed by atoms with E-state index in [0.29, 0.717) is 18.8 Å². The van der Waals surface area contributed by atoms with E-state index in [-0.39, 0.29) is 17.9 Å². The maximum absolute atomic E-state index is 12.4. The van der Waals surface area contributed by atoms with Crippen LogP contribution in [0.15, 0.2) is 54.6 Å². The number of carbonyl (C=O) groups excluding carboxylic acids is 1. The second-order valence-electron chi connectivity index (χ2n) is 6.10. The van der Waals surface area contributed by atoms with Crippen LogP contribution < -0.4 is 5.73 Å². The van der Waals surface area contributed by atoms with Crippen molar-refractivity contribution in [1.29, 1.82) is 0 Å². The molecular weight excluding hydrogens is 340 g/mol. The first kappa shape index (κ1) is 17.3. The first-order chi connectivity index (χ1) is 11.6. The Morgan fingerprint density at radius 3 is 2.71 bits per heavy atom. The fourth-order valence-electron chi connectivity index (χ4n) is 3.06. The van der Waals surface area contributed by atoms with Crippen LogP contribution in [0.3, 0.4) is 0 Å². The minimum absolute atomic E-state index is 0.00859. The molecule has 0 bridgehead atoms. The van der Waals surface area contributed by atoms with Crippen LogP contribution in [0.2, 0.25) is 5.02 Å². The van der Waals surface area contributed by atoms with E-state index in [1.54, 1.807) is 11.8 Å². The smallest absolute Gasteiger partial charge is 0.232 e. The van der Waals surface area contributed by atoms with Crippen molar-refractivity contribution < 1.29 is 4.79 Å². The van der Waals surface area contributed by atoms with E-state index in [1.807, 2.05) is 47.4 Å². The molecule has 126 valence electrons. The normalized spacial score (nSPS) is 20.3. The fourth-order valence-corrected chi connectivity index (χ4v) is 4.15. The van der Waals surface area contributed by atoms with Crippen LogP contribution in [0, 0.1) is 0 Å². The summed E-state index contributed by atoms with van der Waals surface area (Å²) in [5.41, 5.74) is 8.61. The number of likely N-dealkylation sites (tertiary alicyclic amines) is 1. The Balaban J connectivity index is 1.51. The lowest BCUT2D eigenvalue weighted by Crippen LogP contribution is -2.33. The Bertz CT molecular complexity index is 695. The van der Waals surface area contributed by atoms with Crippen LogP contribution in [0.25, 0.3) is 0 Å². The molecule has 1 saturated heterocycles. The zero-order valence-electron chi connectivity index (χ0n) is 13.4. The lowest BCUT2D eigenvalue weighted by atomic mass is 9.95. The molecule has 2 atom stereocenters. The van der Waals surface area contributed by atoms with E-state index >= 15 is 0 Å². The number of thioether (sulfide) groups is 1. The Morgan fingerprint density at radius 2 is 1.96 bits per heavy atom. The number of amides is 1. The maximum atomic E-state index is 12.4. The van der Waals surface area contributed by atoms with Crippen molar-refractivity contribution in [1.82, 2.24) is 4.90 Å². The van der Waals surface area contributed by atoms with Gasteiger partial charge >= 0.3 is 0 Å². The average Bonchev–Trinajstić information content (AvgIpc) is 2.98. The van der Waals surface area contributed by atoms with Gasteiger partial charge in [-0.2, -0.15) is 0 Å². The van der Waals surface area contributed by atoms with E-state index in [4.69, 9.17) is 17.3 Å². The van der Waals surface area contributed by atoms with Crippen LogP contribution in [-0.2, 0) is 10.5 Å². The molecule has 3 rings (SSSR count). The summed E-state index contributed by atoms with van der Waals surface area (Å²) in [6.45, 7) is 1.35. The summed E-state index contributed by atoms with van der Waals surface area (Å²) in [4.78, 5) is 14.3. The van der Waals surface area contributed by atoms with Gasteiger partial charge in [0.15, 0.2) is 0 Å². The van der Waals surface area contributed by atoms with Crippen molar-refractivity contribution in [3.8, 4) is 0 Å². The van der Waals surface area contributed by atoms with Crippen molar-refractivity contribution in [3.63, 3.8) is 0 Å². The van der Waals surface area contributed by atoms with Crippen LogP contribution in [-0.4, -0.2) is 35.7 Å². The van der Waals surface area contributed by atoms with Gasteiger partial charge in [0.1, 0.15) is 0 Å². The minimum atomic E-state index is 0.00859. The largest absolute Gasteiger partial charge is 0.340 e. The molecule has 24 heavy (non-hydrogen) atoms. The third kappa shape index (κ3) is 4.32. The zero-order chi connectivity index (χ0) is 16.9. The van der Waals surface area contributed by atoms with Gasteiger partial charge in [0, 0.05) is 35.8 Å². The van der Waals surface area contributed by atoms with E-state index in [1.165, 1.54) is 5.56 Å². The number of benzene rings is 2. The molecule has 5 heteroatoms. The Labute approximate surface area is 152 Å². The molecule has 0 saturated carbocycles. The highest BCUT2D eigenvalue weighted by atomic mass is 35.5. The highest BCUT2D eigenvalue weighted by Gasteiger charge is 2.33. The van der Waals surface area contributed by atoms with Crippen molar-refractivity contribution >= 4 is 29.3 Å². The number of rotatable bonds is 5. The van der Waals surface area contributed by atoms with E-state index < -0.39 is 0 Å². The summed E-state index contributed by atoms with van der Waals surface area (Å²) in [5, 5.41) is 0.732. The predicted molar refractivity (Wildman–Crippen MR) is 101 cm³/mol. The van der Waals surface area contributed by atoms with Gasteiger partial charge in [-0.05, 0) is 23.3 Å². The van der Waals surface area contributed by atoms with Crippen molar-refractivity contribution in [2.75, 3.05) is 18.8 Å². The highest BCUT2D eigenvalue weighted by Crippen LogP contribution is 2.27. The molecule has 1 aliphatic heterocycles. The van der Waals surface area contributed by atoms with Crippen molar-refractivity contribution in [3.05, 3.63) is 70.7 Å². The van der Waals surface area contributed by atoms with Gasteiger partial charge in [0.2, 0.25) is 5.91 Å². The lowest BCUT2D eigenvalue weighted by molar-refractivity contribution is -0.127. The first-order valence-corrected chi connectivity index (χ1v) is 9.57. The number of nitrogens with zero attached hydrogens (tertiary/aromatic N) is 1. The van der Waals surface area contributed by atoms with Gasteiger partial charge in [0.25, 0.3) is 0 Å². The zero-order valence-corrected chi connectivity index (χ0v) is 15.0. The molecule has 1 aliphatic rings. The fraction of sp³-hybridized carbons (Fsp3) is 0.316. The lowest BCUT2D eigenvalue weighted by Gasteiger charge is -2.16. The molecule has 2 aromatic rings. The van der Waals surface area contributed by atoms with Gasteiger partial charge in [-0.1, -0.05) is 54.1 Å². The van der Waals surface area contributed by atoms with E-state index in [2.05, 4.69) is 12.1 Å². The minimum Gasteiger partial charge on any atom is -0.340 e. The number of hydrogen-bond acceptors (Lipinski definition) is 3. The monoisotopic (exact) mass is 360 g/mol. The third-order valence-corrected chi connectivity index (χ3v) is 5.55. The molecule has 3 nitrogen and oxygen atoms in total. The molecule has 0 aromatic heterocycles. The molecule has 1 fully saturated rings. The maximum Gasteiger partial charge on any atom is 0.232 e. The van der Waals surface area contributed by atoms with E-state index in [9.17, 15) is 4.79 Å². The predicted octanol–water partition coefficient (Wildman–Crippen LogP) is 3.53. The number of carbonyl (C=O) groups is 1. The molecule has 0 aliphatic carbocycles. The van der Waals surface area contributed by atoms with Crippen LogP contribution in [0.5, 0.6) is 0 Å². The second kappa shape index (κ2) is 8.06. The van der Waals surface area contributed by atoms with Gasteiger partial charge in [-0.25, -0.2) is 0 Å². The molecule has 1 amide bonds. The number of nitrogens with two attached hydrogens (primary N) is 1. The first-order valence-electron chi connectivity index (χ1n) is 8.04. The molecule has 2 aromatic carbocycles. The summed E-state index contributed by atoms with van der Waals surface area (Å²) in [6.07, 6.45) is 0. The molecule has 2 N–H and O–H groups in total. The molecule has 1 heterocycles. The molecule has 0 unspecified atom stereocenters. The van der Waals surface area contributed by atoms with Crippen LogP contribution in [0.4, 0.5) is 0 Å². The summed E-state index contributed by atoms with van der Waals surface area (Å²) < 4.78 is 0. The second-order valence-corrected chi connectivity index (χ2v) is 7.52. The Hall–Kier alpha value is -1.49. The highest BCUT2D eigenvalue weighted by molar-refractivity contribution is 7.99. The molecule has 0 radical (unpaired) electrons. The summed E-state index contributed by atoms with van der Waals surface area (Å²) in [6, 6.07) is 18.0.